The molecule has 0 atom stereocenters. The molecule has 3 nitrogen and oxygen atoms in total. The number of rotatable bonds is 4. The fourth-order valence-corrected chi connectivity index (χ4v) is 2.31. The highest BCUT2D eigenvalue weighted by Gasteiger charge is 2.02. The molecule has 0 saturated carbocycles. The van der Waals surface area contributed by atoms with Crippen LogP contribution in [0.3, 0.4) is 0 Å². The van der Waals surface area contributed by atoms with E-state index < -0.39 is 0 Å². The van der Waals surface area contributed by atoms with E-state index in [-0.39, 0.29) is 12.4 Å². The number of halogens is 1. The van der Waals surface area contributed by atoms with Crippen molar-refractivity contribution in [1.29, 1.82) is 0 Å². The molecule has 1 heterocycles. The average Bonchev–Trinajstić information content (AvgIpc) is 2.59. The van der Waals surface area contributed by atoms with Gasteiger partial charge >= 0.3 is 0 Å². The van der Waals surface area contributed by atoms with Crippen LogP contribution in [-0.4, -0.2) is 19.2 Å². The number of nitrogens with zero attached hydrogens (tertiary/aromatic N) is 1. The summed E-state index contributed by atoms with van der Waals surface area (Å²) in [6, 6.07) is 18.0. The quantitative estimate of drug-likeness (QED) is 0.686. The van der Waals surface area contributed by atoms with E-state index in [1.165, 1.54) is 0 Å². The van der Waals surface area contributed by atoms with E-state index in [1.54, 1.807) is 14.2 Å². The van der Waals surface area contributed by atoms with Crippen molar-refractivity contribution in [3.63, 3.8) is 0 Å². The van der Waals surface area contributed by atoms with Crippen LogP contribution in [0.2, 0.25) is 0 Å². The molecule has 2 aromatic carbocycles. The summed E-state index contributed by atoms with van der Waals surface area (Å²) in [7, 11) is 3.27. The Balaban J connectivity index is 0.00000192. The molecule has 0 fully saturated rings. The van der Waals surface area contributed by atoms with Crippen molar-refractivity contribution in [2.75, 3.05) is 14.2 Å². The molecule has 0 unspecified atom stereocenters. The number of para-hydroxylation sites is 1. The lowest BCUT2D eigenvalue weighted by Gasteiger charge is -2.07. The summed E-state index contributed by atoms with van der Waals surface area (Å²) >= 11 is 0. The van der Waals surface area contributed by atoms with Crippen molar-refractivity contribution in [2.24, 2.45) is 0 Å². The Morgan fingerprint density at radius 3 is 2.39 bits per heavy atom. The monoisotopic (exact) mass is 327 g/mol. The molecule has 118 valence electrons. The molecule has 0 aliphatic carbocycles. The lowest BCUT2D eigenvalue weighted by Crippen LogP contribution is -1.90. The molecule has 0 amide bonds. The highest BCUT2D eigenvalue weighted by Crippen LogP contribution is 2.28. The Hall–Kier alpha value is -2.52. The first-order valence-electron chi connectivity index (χ1n) is 7.06. The van der Waals surface area contributed by atoms with Gasteiger partial charge in [-0.15, -0.1) is 12.4 Å². The number of benzene rings is 2. The van der Waals surface area contributed by atoms with Crippen molar-refractivity contribution in [3.8, 4) is 11.5 Å². The molecule has 0 aliphatic heterocycles. The van der Waals surface area contributed by atoms with E-state index in [1.807, 2.05) is 54.6 Å². The predicted molar refractivity (Wildman–Crippen MR) is 97.5 cm³/mol. The van der Waals surface area contributed by atoms with Crippen LogP contribution in [-0.2, 0) is 0 Å². The lowest BCUT2D eigenvalue weighted by atomic mass is 10.1. The first-order valence-corrected chi connectivity index (χ1v) is 7.06. The largest absolute Gasteiger partial charge is 0.493 e. The third-order valence-corrected chi connectivity index (χ3v) is 3.47. The van der Waals surface area contributed by atoms with Crippen LogP contribution in [0, 0.1) is 0 Å². The maximum Gasteiger partial charge on any atom is 0.161 e. The predicted octanol–water partition coefficient (Wildman–Crippen LogP) is 4.84. The van der Waals surface area contributed by atoms with E-state index >= 15 is 0 Å². The van der Waals surface area contributed by atoms with Crippen LogP contribution in [0.5, 0.6) is 11.5 Å². The van der Waals surface area contributed by atoms with Gasteiger partial charge in [0.25, 0.3) is 0 Å². The standard InChI is InChI=1S/C19H17NO2.ClH/c1-21-18-12-8-14(13-19(18)22-2)7-10-16-11-9-15-5-3-4-6-17(15)20-16;/h3-13H,1-2H3;1H/b10-7+;. The summed E-state index contributed by atoms with van der Waals surface area (Å²) < 4.78 is 10.6. The third kappa shape index (κ3) is 3.82. The van der Waals surface area contributed by atoms with Crippen LogP contribution in [0.1, 0.15) is 11.3 Å². The number of hydrogen-bond donors (Lipinski definition) is 0. The van der Waals surface area contributed by atoms with Gasteiger partial charge in [-0.05, 0) is 35.9 Å². The zero-order chi connectivity index (χ0) is 15.4. The summed E-state index contributed by atoms with van der Waals surface area (Å²) in [5, 5.41) is 1.14. The van der Waals surface area contributed by atoms with Crippen molar-refractivity contribution >= 4 is 35.5 Å². The van der Waals surface area contributed by atoms with E-state index in [2.05, 4.69) is 17.1 Å². The van der Waals surface area contributed by atoms with Crippen molar-refractivity contribution in [1.82, 2.24) is 4.98 Å². The Morgan fingerprint density at radius 1 is 0.826 bits per heavy atom. The van der Waals surface area contributed by atoms with Gasteiger partial charge in [0.1, 0.15) is 0 Å². The van der Waals surface area contributed by atoms with Gasteiger partial charge in [0.2, 0.25) is 0 Å². The van der Waals surface area contributed by atoms with Crippen molar-refractivity contribution < 1.29 is 9.47 Å². The normalized spacial score (nSPS) is 10.5. The molecular weight excluding hydrogens is 310 g/mol. The van der Waals surface area contributed by atoms with Gasteiger partial charge in [-0.3, -0.25) is 0 Å². The fourth-order valence-electron chi connectivity index (χ4n) is 2.31. The van der Waals surface area contributed by atoms with Gasteiger partial charge in [0.05, 0.1) is 25.4 Å². The van der Waals surface area contributed by atoms with Crippen LogP contribution in [0.4, 0.5) is 0 Å². The summed E-state index contributed by atoms with van der Waals surface area (Å²) in [5.74, 6) is 1.44. The second kappa shape index (κ2) is 7.65. The highest BCUT2D eigenvalue weighted by atomic mass is 35.5. The molecule has 3 aromatic rings. The van der Waals surface area contributed by atoms with Gasteiger partial charge in [-0.1, -0.05) is 36.4 Å². The van der Waals surface area contributed by atoms with E-state index in [4.69, 9.17) is 9.47 Å². The molecule has 3 rings (SSSR count). The molecule has 0 N–H and O–H groups in total. The van der Waals surface area contributed by atoms with E-state index in [0.717, 1.165) is 33.7 Å². The number of hydrogen-bond acceptors (Lipinski definition) is 3. The number of methoxy groups -OCH3 is 2. The minimum atomic E-state index is 0. The van der Waals surface area contributed by atoms with Crippen molar-refractivity contribution in [2.45, 2.75) is 0 Å². The lowest BCUT2D eigenvalue weighted by molar-refractivity contribution is 0.355. The first-order chi connectivity index (χ1) is 10.8. The van der Waals surface area contributed by atoms with Crippen molar-refractivity contribution in [3.05, 3.63) is 65.9 Å². The molecule has 0 spiro atoms. The Bertz CT molecular complexity index is 830. The van der Waals surface area contributed by atoms with Crippen LogP contribution in [0.25, 0.3) is 23.1 Å². The second-order valence-corrected chi connectivity index (χ2v) is 4.88. The molecule has 0 bridgehead atoms. The zero-order valence-electron chi connectivity index (χ0n) is 13.0. The zero-order valence-corrected chi connectivity index (χ0v) is 13.8. The number of pyridine rings is 1. The number of aromatic nitrogens is 1. The summed E-state index contributed by atoms with van der Waals surface area (Å²) in [5.41, 5.74) is 2.96. The van der Waals surface area contributed by atoms with Gasteiger partial charge in [0.15, 0.2) is 11.5 Å². The Kier molecular flexibility index (Phi) is 5.61. The molecule has 0 saturated heterocycles. The maximum absolute atomic E-state index is 5.31. The van der Waals surface area contributed by atoms with Crippen LogP contribution in [0.15, 0.2) is 54.6 Å². The molecule has 0 radical (unpaired) electrons. The van der Waals surface area contributed by atoms with Gasteiger partial charge in [-0.25, -0.2) is 4.98 Å². The topological polar surface area (TPSA) is 31.4 Å². The molecule has 23 heavy (non-hydrogen) atoms. The summed E-state index contributed by atoms with van der Waals surface area (Å²) in [6.07, 6.45) is 4.01. The molecular formula is C19H18ClNO2. The minimum Gasteiger partial charge on any atom is -0.493 e. The first kappa shape index (κ1) is 16.8. The number of ether oxygens (including phenoxy) is 2. The molecule has 1 aromatic heterocycles. The SMILES string of the molecule is COc1ccc(/C=C/c2ccc3ccccc3n2)cc1OC.Cl. The second-order valence-electron chi connectivity index (χ2n) is 4.88. The van der Waals surface area contributed by atoms with Gasteiger partial charge in [-0.2, -0.15) is 0 Å². The fraction of sp³-hybridized carbons (Fsp3) is 0.105. The smallest absolute Gasteiger partial charge is 0.161 e. The average molecular weight is 328 g/mol. The van der Waals surface area contributed by atoms with E-state index in [9.17, 15) is 0 Å². The molecule has 4 heteroatoms. The summed E-state index contributed by atoms with van der Waals surface area (Å²) in [4.78, 5) is 4.62. The summed E-state index contributed by atoms with van der Waals surface area (Å²) in [6.45, 7) is 0. The third-order valence-electron chi connectivity index (χ3n) is 3.47. The highest BCUT2D eigenvalue weighted by molar-refractivity contribution is 5.85. The van der Waals surface area contributed by atoms with Crippen LogP contribution < -0.4 is 9.47 Å². The Labute approximate surface area is 142 Å². The van der Waals surface area contributed by atoms with Gasteiger partial charge < -0.3 is 9.47 Å². The minimum absolute atomic E-state index is 0. The Morgan fingerprint density at radius 2 is 1.61 bits per heavy atom. The maximum atomic E-state index is 5.31. The van der Waals surface area contributed by atoms with Gasteiger partial charge in [0, 0.05) is 5.39 Å². The molecule has 0 aliphatic rings. The van der Waals surface area contributed by atoms with E-state index in [0.29, 0.717) is 0 Å². The van der Waals surface area contributed by atoms with Crippen LogP contribution >= 0.6 is 12.4 Å². The number of fused-ring (bicyclic) bond motifs is 1.